The SMILES string of the molecule is C=c1oc2ccccc2/c1=C/N1CCOC1=O. The van der Waals surface area contributed by atoms with E-state index in [-0.39, 0.29) is 6.09 Å². The second-order valence-corrected chi connectivity index (χ2v) is 3.87. The number of carbonyl (C=O) groups is 1. The molecular formula is C13H11NO3. The molecule has 4 nitrogen and oxygen atoms in total. The third kappa shape index (κ3) is 1.58. The van der Waals surface area contributed by atoms with Crippen molar-refractivity contribution in [1.29, 1.82) is 0 Å². The van der Waals surface area contributed by atoms with Gasteiger partial charge in [0.2, 0.25) is 0 Å². The molecule has 86 valence electrons. The minimum atomic E-state index is -0.324. The lowest BCUT2D eigenvalue weighted by atomic mass is 10.2. The number of cyclic esters (lactones) is 1. The summed E-state index contributed by atoms with van der Waals surface area (Å²) in [5.41, 5.74) is 1.34. The van der Waals surface area contributed by atoms with Gasteiger partial charge >= 0.3 is 6.09 Å². The molecule has 1 aromatic heterocycles. The van der Waals surface area contributed by atoms with Gasteiger partial charge in [-0.25, -0.2) is 4.79 Å². The van der Waals surface area contributed by atoms with Crippen molar-refractivity contribution >= 4 is 29.8 Å². The number of amides is 1. The Labute approximate surface area is 97.4 Å². The van der Waals surface area contributed by atoms with Gasteiger partial charge in [0.25, 0.3) is 0 Å². The third-order valence-corrected chi connectivity index (χ3v) is 2.79. The molecule has 3 rings (SSSR count). The van der Waals surface area contributed by atoms with Crippen molar-refractivity contribution in [2.45, 2.75) is 0 Å². The van der Waals surface area contributed by atoms with Crippen molar-refractivity contribution in [3.63, 3.8) is 0 Å². The minimum Gasteiger partial charge on any atom is -0.457 e. The van der Waals surface area contributed by atoms with Crippen LogP contribution in [0.1, 0.15) is 0 Å². The Hall–Kier alpha value is -2.23. The first kappa shape index (κ1) is 9.96. The Morgan fingerprint density at radius 1 is 1.35 bits per heavy atom. The smallest absolute Gasteiger partial charge is 0.414 e. The normalized spacial score (nSPS) is 16.8. The number of carbonyl (C=O) groups excluding carboxylic acids is 1. The van der Waals surface area contributed by atoms with E-state index in [1.165, 1.54) is 4.90 Å². The van der Waals surface area contributed by atoms with E-state index < -0.39 is 0 Å². The first-order valence-corrected chi connectivity index (χ1v) is 5.37. The topological polar surface area (TPSA) is 42.7 Å². The van der Waals surface area contributed by atoms with Crippen LogP contribution in [-0.4, -0.2) is 24.1 Å². The van der Waals surface area contributed by atoms with E-state index in [9.17, 15) is 4.79 Å². The van der Waals surface area contributed by atoms with Crippen LogP contribution in [-0.2, 0) is 4.74 Å². The predicted octanol–water partition coefficient (Wildman–Crippen LogP) is 1.03. The Balaban J connectivity index is 2.23. The standard InChI is InChI=1S/C13H11NO3/c1-9-11(8-14-6-7-16-13(14)15)10-4-2-3-5-12(10)17-9/h2-5,8H,1,6-7H2/b11-8+. The lowest BCUT2D eigenvalue weighted by molar-refractivity contribution is 0.168. The van der Waals surface area contributed by atoms with Crippen LogP contribution in [0.5, 0.6) is 0 Å². The van der Waals surface area contributed by atoms with Gasteiger partial charge in [0.15, 0.2) is 0 Å². The number of hydrogen-bond acceptors (Lipinski definition) is 3. The van der Waals surface area contributed by atoms with Crippen molar-refractivity contribution in [3.05, 3.63) is 34.9 Å². The van der Waals surface area contributed by atoms with Crippen LogP contribution in [0.4, 0.5) is 4.79 Å². The summed E-state index contributed by atoms with van der Waals surface area (Å²) in [6, 6.07) is 7.65. The summed E-state index contributed by atoms with van der Waals surface area (Å²) in [5, 5.41) is 1.79. The first-order chi connectivity index (χ1) is 8.25. The second kappa shape index (κ2) is 3.66. The minimum absolute atomic E-state index is 0.324. The van der Waals surface area contributed by atoms with Gasteiger partial charge in [0.1, 0.15) is 17.6 Å². The summed E-state index contributed by atoms with van der Waals surface area (Å²) < 4.78 is 10.4. The third-order valence-electron chi connectivity index (χ3n) is 2.79. The fraction of sp³-hybridized carbons (Fsp3) is 0.154. The number of fused-ring (bicyclic) bond motifs is 1. The summed E-state index contributed by atoms with van der Waals surface area (Å²) in [6.07, 6.45) is 1.42. The van der Waals surface area contributed by atoms with Crippen LogP contribution in [0.25, 0.3) is 23.7 Å². The molecule has 4 heteroatoms. The van der Waals surface area contributed by atoms with E-state index in [0.717, 1.165) is 16.2 Å². The van der Waals surface area contributed by atoms with Crippen molar-refractivity contribution in [1.82, 2.24) is 4.90 Å². The predicted molar refractivity (Wildman–Crippen MR) is 63.5 cm³/mol. The van der Waals surface area contributed by atoms with Gasteiger partial charge in [-0.2, -0.15) is 0 Å². The summed E-state index contributed by atoms with van der Waals surface area (Å²) in [5.74, 6) is 0. The fourth-order valence-electron chi connectivity index (χ4n) is 1.94. The molecule has 1 aromatic carbocycles. The molecule has 0 unspecified atom stereocenters. The summed E-state index contributed by atoms with van der Waals surface area (Å²) in [6.45, 7) is 4.84. The van der Waals surface area contributed by atoms with Crippen molar-refractivity contribution in [3.8, 4) is 0 Å². The Morgan fingerprint density at radius 2 is 2.18 bits per heavy atom. The number of ether oxygens (including phenoxy) is 1. The van der Waals surface area contributed by atoms with E-state index >= 15 is 0 Å². The highest BCUT2D eigenvalue weighted by Crippen LogP contribution is 2.08. The van der Waals surface area contributed by atoms with E-state index in [0.29, 0.717) is 18.6 Å². The Bertz CT molecular complexity index is 686. The Kier molecular flexibility index (Phi) is 2.14. The van der Waals surface area contributed by atoms with E-state index in [2.05, 4.69) is 6.58 Å². The summed E-state index contributed by atoms with van der Waals surface area (Å²) in [7, 11) is 0. The van der Waals surface area contributed by atoms with Gasteiger partial charge in [-0.05, 0) is 6.07 Å². The quantitative estimate of drug-likeness (QED) is 0.733. The summed E-state index contributed by atoms with van der Waals surface area (Å²) >= 11 is 0. The second-order valence-electron chi connectivity index (χ2n) is 3.87. The first-order valence-electron chi connectivity index (χ1n) is 5.37. The van der Waals surface area contributed by atoms with Crippen molar-refractivity contribution < 1.29 is 13.9 Å². The molecule has 1 aliphatic heterocycles. The van der Waals surface area contributed by atoms with Crippen LogP contribution in [0.15, 0.2) is 28.7 Å². The van der Waals surface area contributed by atoms with Crippen molar-refractivity contribution in [2.75, 3.05) is 13.2 Å². The van der Waals surface area contributed by atoms with Crippen molar-refractivity contribution in [2.24, 2.45) is 0 Å². The maximum atomic E-state index is 11.4. The molecule has 17 heavy (non-hydrogen) atoms. The number of benzene rings is 1. The molecule has 0 aliphatic carbocycles. The average molecular weight is 229 g/mol. The zero-order chi connectivity index (χ0) is 11.8. The van der Waals surface area contributed by atoms with Crippen LogP contribution in [0.3, 0.4) is 0 Å². The van der Waals surface area contributed by atoms with E-state index in [4.69, 9.17) is 9.15 Å². The lowest BCUT2D eigenvalue weighted by Crippen LogP contribution is -2.26. The van der Waals surface area contributed by atoms with Gasteiger partial charge in [0, 0.05) is 16.8 Å². The van der Waals surface area contributed by atoms with E-state index in [1.54, 1.807) is 6.20 Å². The molecule has 2 aromatic rings. The molecular weight excluding hydrogens is 218 g/mol. The van der Waals surface area contributed by atoms with Gasteiger partial charge in [0.05, 0.1) is 6.54 Å². The highest BCUT2D eigenvalue weighted by Gasteiger charge is 2.19. The van der Waals surface area contributed by atoms with Gasteiger partial charge < -0.3 is 9.15 Å². The molecule has 2 heterocycles. The maximum Gasteiger partial charge on any atom is 0.414 e. The van der Waals surface area contributed by atoms with Gasteiger partial charge in [-0.15, -0.1) is 0 Å². The highest BCUT2D eigenvalue weighted by atomic mass is 16.6. The zero-order valence-electron chi connectivity index (χ0n) is 9.18. The molecule has 0 spiro atoms. The van der Waals surface area contributed by atoms with Crippen LogP contribution < -0.4 is 10.6 Å². The number of rotatable bonds is 1. The molecule has 0 saturated carbocycles. The summed E-state index contributed by atoms with van der Waals surface area (Å²) in [4.78, 5) is 12.9. The largest absolute Gasteiger partial charge is 0.457 e. The molecule has 0 radical (unpaired) electrons. The average Bonchev–Trinajstić information content (AvgIpc) is 2.85. The zero-order valence-corrected chi connectivity index (χ0v) is 9.18. The number of para-hydroxylation sites is 1. The fourth-order valence-corrected chi connectivity index (χ4v) is 1.94. The molecule has 0 bridgehead atoms. The molecule has 1 amide bonds. The van der Waals surface area contributed by atoms with Crippen LogP contribution in [0.2, 0.25) is 0 Å². The van der Waals surface area contributed by atoms with Gasteiger partial charge in [-0.1, -0.05) is 24.8 Å². The number of nitrogens with zero attached hydrogens (tertiary/aromatic N) is 1. The van der Waals surface area contributed by atoms with Crippen LogP contribution >= 0.6 is 0 Å². The van der Waals surface area contributed by atoms with Gasteiger partial charge in [-0.3, -0.25) is 4.90 Å². The molecule has 1 aliphatic rings. The molecule has 1 fully saturated rings. The Morgan fingerprint density at radius 3 is 2.94 bits per heavy atom. The monoisotopic (exact) mass is 229 g/mol. The van der Waals surface area contributed by atoms with E-state index in [1.807, 2.05) is 24.3 Å². The number of furan rings is 1. The molecule has 1 saturated heterocycles. The van der Waals surface area contributed by atoms with Crippen LogP contribution in [0, 0.1) is 0 Å². The maximum absolute atomic E-state index is 11.4. The molecule has 0 atom stereocenters. The number of hydrogen-bond donors (Lipinski definition) is 0. The highest BCUT2D eigenvalue weighted by molar-refractivity contribution is 5.81. The lowest BCUT2D eigenvalue weighted by Gasteiger charge is -2.03. The molecule has 0 N–H and O–H groups in total.